The molecular formula is C11H11BrFNO. The lowest BCUT2D eigenvalue weighted by molar-refractivity contribution is 0.250. The van der Waals surface area contributed by atoms with Crippen LogP contribution in [0, 0.1) is 17.1 Å². The van der Waals surface area contributed by atoms with Crippen LogP contribution in [0.3, 0.4) is 0 Å². The molecular weight excluding hydrogens is 261 g/mol. The molecule has 1 aromatic rings. The van der Waals surface area contributed by atoms with Gasteiger partial charge >= 0.3 is 0 Å². The summed E-state index contributed by atoms with van der Waals surface area (Å²) >= 11 is 3.25. The van der Waals surface area contributed by atoms with Crippen LogP contribution in [0.15, 0.2) is 18.2 Å². The predicted molar refractivity (Wildman–Crippen MR) is 59.4 cm³/mol. The van der Waals surface area contributed by atoms with E-state index in [0.717, 1.165) is 0 Å². The first kappa shape index (κ1) is 12.0. The van der Waals surface area contributed by atoms with E-state index in [2.05, 4.69) is 15.9 Å². The smallest absolute Gasteiger partial charge is 0.184 e. The second-order valence-electron chi connectivity index (χ2n) is 3.03. The second kappa shape index (κ2) is 5.72. The molecule has 0 saturated heterocycles. The molecule has 0 radical (unpaired) electrons. The number of rotatable bonds is 4. The maximum Gasteiger partial charge on any atom is 0.184 e. The number of hydrogen-bond donors (Lipinski definition) is 0. The molecule has 0 aliphatic rings. The highest BCUT2D eigenvalue weighted by molar-refractivity contribution is 9.08. The summed E-state index contributed by atoms with van der Waals surface area (Å²) in [5.41, 5.74) is 0.712. The summed E-state index contributed by atoms with van der Waals surface area (Å²) in [6.45, 7) is 1.87. The third-order valence-electron chi connectivity index (χ3n) is 1.95. The minimum absolute atomic E-state index is 0.304. The fourth-order valence-electron chi connectivity index (χ4n) is 1.12. The van der Waals surface area contributed by atoms with Gasteiger partial charge in [-0.25, -0.2) is 4.39 Å². The molecule has 80 valence electrons. The normalized spacial score (nSPS) is 11.9. The van der Waals surface area contributed by atoms with Gasteiger partial charge in [0.1, 0.15) is 17.6 Å². The number of nitrogens with zero attached hydrogens (tertiary/aromatic N) is 1. The highest BCUT2D eigenvalue weighted by atomic mass is 79.9. The Morgan fingerprint density at radius 3 is 2.87 bits per heavy atom. The van der Waals surface area contributed by atoms with E-state index in [1.807, 2.05) is 13.0 Å². The molecule has 1 aromatic carbocycles. The van der Waals surface area contributed by atoms with Crippen molar-refractivity contribution in [2.24, 2.45) is 0 Å². The van der Waals surface area contributed by atoms with Gasteiger partial charge in [-0.15, -0.1) is 0 Å². The molecule has 1 atom stereocenters. The summed E-state index contributed by atoms with van der Waals surface area (Å²) in [6, 6.07) is 6.30. The van der Waals surface area contributed by atoms with Crippen LogP contribution in [-0.4, -0.2) is 6.10 Å². The topological polar surface area (TPSA) is 33.0 Å². The molecule has 0 fully saturated rings. The minimum Gasteiger partial charge on any atom is -0.475 e. The van der Waals surface area contributed by atoms with Gasteiger partial charge in [-0.2, -0.15) is 5.26 Å². The zero-order valence-corrected chi connectivity index (χ0v) is 9.92. The van der Waals surface area contributed by atoms with Crippen molar-refractivity contribution in [3.63, 3.8) is 0 Å². The summed E-state index contributed by atoms with van der Waals surface area (Å²) in [7, 11) is 0. The largest absolute Gasteiger partial charge is 0.475 e. The van der Waals surface area contributed by atoms with Crippen LogP contribution in [0.2, 0.25) is 0 Å². The van der Waals surface area contributed by atoms with E-state index in [4.69, 9.17) is 10.00 Å². The Kier molecular flexibility index (Phi) is 4.57. The Morgan fingerprint density at radius 1 is 1.60 bits per heavy atom. The molecule has 0 aliphatic heterocycles. The number of halogens is 2. The van der Waals surface area contributed by atoms with Crippen molar-refractivity contribution in [2.75, 3.05) is 0 Å². The molecule has 0 amide bonds. The third kappa shape index (κ3) is 3.21. The fraction of sp³-hybridized carbons (Fsp3) is 0.364. The van der Waals surface area contributed by atoms with Crippen LogP contribution in [0.4, 0.5) is 4.39 Å². The van der Waals surface area contributed by atoms with Gasteiger partial charge in [0.25, 0.3) is 0 Å². The average Bonchev–Trinajstić information content (AvgIpc) is 2.27. The standard InChI is InChI=1S/C11H11BrFNO/c1-2-10(7-14)15-11-4-3-9(13)5-8(11)6-12/h3-5,10H,2,6H2,1H3. The van der Waals surface area contributed by atoms with Crippen LogP contribution in [0.25, 0.3) is 0 Å². The van der Waals surface area contributed by atoms with Crippen molar-refractivity contribution in [1.82, 2.24) is 0 Å². The number of benzene rings is 1. The van der Waals surface area contributed by atoms with Crippen molar-refractivity contribution < 1.29 is 9.13 Å². The zero-order chi connectivity index (χ0) is 11.3. The number of hydrogen-bond acceptors (Lipinski definition) is 2. The third-order valence-corrected chi connectivity index (χ3v) is 2.55. The van der Waals surface area contributed by atoms with Gasteiger partial charge in [-0.05, 0) is 24.6 Å². The van der Waals surface area contributed by atoms with E-state index in [0.29, 0.717) is 23.1 Å². The lowest BCUT2D eigenvalue weighted by atomic mass is 10.2. The Labute approximate surface area is 96.8 Å². The summed E-state index contributed by atoms with van der Waals surface area (Å²) < 4.78 is 18.3. The van der Waals surface area contributed by atoms with E-state index < -0.39 is 6.10 Å². The first-order valence-electron chi connectivity index (χ1n) is 4.62. The average molecular weight is 272 g/mol. The van der Waals surface area contributed by atoms with E-state index in [1.54, 1.807) is 6.07 Å². The van der Waals surface area contributed by atoms with Crippen LogP contribution in [0.1, 0.15) is 18.9 Å². The maximum absolute atomic E-state index is 12.9. The molecule has 4 heteroatoms. The predicted octanol–water partition coefficient (Wildman–Crippen LogP) is 3.40. The van der Waals surface area contributed by atoms with E-state index >= 15 is 0 Å². The molecule has 1 unspecified atom stereocenters. The molecule has 0 bridgehead atoms. The van der Waals surface area contributed by atoms with Crippen molar-refractivity contribution in [2.45, 2.75) is 24.8 Å². The molecule has 0 aromatic heterocycles. The van der Waals surface area contributed by atoms with Crippen LogP contribution in [-0.2, 0) is 5.33 Å². The molecule has 0 N–H and O–H groups in total. The lowest BCUT2D eigenvalue weighted by Crippen LogP contribution is -2.13. The van der Waals surface area contributed by atoms with Gasteiger partial charge in [0.05, 0.1) is 0 Å². The Hall–Kier alpha value is -1.08. The molecule has 0 spiro atoms. The van der Waals surface area contributed by atoms with Crippen LogP contribution < -0.4 is 4.74 Å². The monoisotopic (exact) mass is 271 g/mol. The van der Waals surface area contributed by atoms with Gasteiger partial charge in [0.15, 0.2) is 6.10 Å². The minimum atomic E-state index is -0.478. The van der Waals surface area contributed by atoms with Gasteiger partial charge in [-0.1, -0.05) is 22.9 Å². The Morgan fingerprint density at radius 2 is 2.33 bits per heavy atom. The number of alkyl halides is 1. The highest BCUT2D eigenvalue weighted by Crippen LogP contribution is 2.23. The molecule has 0 heterocycles. The van der Waals surface area contributed by atoms with Gasteiger partial charge < -0.3 is 4.74 Å². The lowest BCUT2D eigenvalue weighted by Gasteiger charge is -2.13. The first-order chi connectivity index (χ1) is 7.21. The van der Waals surface area contributed by atoms with Gasteiger partial charge in [0.2, 0.25) is 0 Å². The SMILES string of the molecule is CCC(C#N)Oc1ccc(F)cc1CBr. The van der Waals surface area contributed by atoms with Crippen molar-refractivity contribution in [3.05, 3.63) is 29.6 Å². The quantitative estimate of drug-likeness (QED) is 0.787. The molecule has 2 nitrogen and oxygen atoms in total. The second-order valence-corrected chi connectivity index (χ2v) is 3.59. The summed E-state index contributed by atoms with van der Waals surface area (Å²) in [5.74, 6) is 0.253. The van der Waals surface area contributed by atoms with E-state index in [-0.39, 0.29) is 5.82 Å². The van der Waals surface area contributed by atoms with Gasteiger partial charge in [0, 0.05) is 10.9 Å². The Bertz CT molecular complexity index is 375. The zero-order valence-electron chi connectivity index (χ0n) is 8.34. The van der Waals surface area contributed by atoms with E-state index in [1.165, 1.54) is 12.1 Å². The first-order valence-corrected chi connectivity index (χ1v) is 5.74. The molecule has 1 rings (SSSR count). The van der Waals surface area contributed by atoms with Crippen LogP contribution in [0.5, 0.6) is 5.75 Å². The number of ether oxygens (including phenoxy) is 1. The van der Waals surface area contributed by atoms with Crippen molar-refractivity contribution in [3.8, 4) is 11.8 Å². The Balaban J connectivity index is 2.89. The fourth-order valence-corrected chi connectivity index (χ4v) is 1.56. The van der Waals surface area contributed by atoms with Crippen molar-refractivity contribution in [1.29, 1.82) is 5.26 Å². The number of nitriles is 1. The highest BCUT2D eigenvalue weighted by Gasteiger charge is 2.10. The van der Waals surface area contributed by atoms with Gasteiger partial charge in [-0.3, -0.25) is 0 Å². The summed E-state index contributed by atoms with van der Waals surface area (Å²) in [4.78, 5) is 0. The molecule has 0 saturated carbocycles. The maximum atomic E-state index is 12.9. The van der Waals surface area contributed by atoms with Crippen molar-refractivity contribution >= 4 is 15.9 Å². The molecule has 0 aliphatic carbocycles. The molecule has 15 heavy (non-hydrogen) atoms. The summed E-state index contributed by atoms with van der Waals surface area (Å²) in [5, 5.41) is 9.25. The van der Waals surface area contributed by atoms with Crippen LogP contribution >= 0.6 is 15.9 Å². The van der Waals surface area contributed by atoms with E-state index in [9.17, 15) is 4.39 Å². The summed E-state index contributed by atoms with van der Waals surface area (Å²) in [6.07, 6.45) is 0.128.